The van der Waals surface area contributed by atoms with E-state index in [1.165, 1.54) is 11.8 Å². The molecule has 7 heteroatoms. The highest BCUT2D eigenvalue weighted by atomic mass is 35.5. The maximum absolute atomic E-state index is 6.03. The molecule has 0 saturated heterocycles. The van der Waals surface area contributed by atoms with Crippen LogP contribution >= 0.6 is 83.4 Å². The zero-order valence-corrected chi connectivity index (χ0v) is 14.8. The molecule has 0 atom stereocenters. The standard InChI is InChI=1S/C12H6Cl4S3/c13-7-1-5(2-8(14)11(7)17)19-6-3-9(15)12(18)10(16)4-6/h1-4,17-18H. The molecule has 0 amide bonds. The Morgan fingerprint density at radius 3 is 1.16 bits per heavy atom. The summed E-state index contributed by atoms with van der Waals surface area (Å²) < 4.78 is 0. The van der Waals surface area contributed by atoms with Crippen LogP contribution in [-0.4, -0.2) is 0 Å². The van der Waals surface area contributed by atoms with Crippen molar-refractivity contribution in [3.63, 3.8) is 0 Å². The van der Waals surface area contributed by atoms with E-state index in [2.05, 4.69) is 25.3 Å². The van der Waals surface area contributed by atoms with Crippen LogP contribution in [0.5, 0.6) is 0 Å². The van der Waals surface area contributed by atoms with Crippen molar-refractivity contribution < 1.29 is 0 Å². The number of halogens is 4. The highest BCUT2D eigenvalue weighted by Crippen LogP contribution is 2.39. The lowest BCUT2D eigenvalue weighted by molar-refractivity contribution is 1.32. The van der Waals surface area contributed by atoms with E-state index in [9.17, 15) is 0 Å². The highest BCUT2D eigenvalue weighted by Gasteiger charge is 2.09. The van der Waals surface area contributed by atoms with Gasteiger partial charge in [0, 0.05) is 19.6 Å². The molecule has 0 aliphatic heterocycles. The Hall–Kier alpha value is 0.650. The largest absolute Gasteiger partial charge is 0.140 e. The fourth-order valence-corrected chi connectivity index (χ4v) is 3.81. The summed E-state index contributed by atoms with van der Waals surface area (Å²) in [5, 5.41) is 2.00. The number of hydrogen-bond donors (Lipinski definition) is 2. The van der Waals surface area contributed by atoms with E-state index in [0.717, 1.165) is 9.79 Å². The van der Waals surface area contributed by atoms with E-state index >= 15 is 0 Å². The van der Waals surface area contributed by atoms with Crippen molar-refractivity contribution in [2.45, 2.75) is 19.6 Å². The molecule has 0 aliphatic carbocycles. The monoisotopic (exact) mass is 386 g/mol. The molecule has 19 heavy (non-hydrogen) atoms. The van der Waals surface area contributed by atoms with Gasteiger partial charge in [0.15, 0.2) is 0 Å². The Labute approximate surface area is 146 Å². The minimum absolute atomic E-state index is 0.501. The van der Waals surface area contributed by atoms with Crippen molar-refractivity contribution in [3.8, 4) is 0 Å². The van der Waals surface area contributed by atoms with Crippen LogP contribution < -0.4 is 0 Å². The number of hydrogen-bond acceptors (Lipinski definition) is 3. The van der Waals surface area contributed by atoms with Crippen molar-refractivity contribution in [2.24, 2.45) is 0 Å². The summed E-state index contributed by atoms with van der Waals surface area (Å²) in [6.45, 7) is 0. The SMILES string of the molecule is Sc1c(Cl)cc(Sc2cc(Cl)c(S)c(Cl)c2)cc1Cl. The molecular formula is C12H6Cl4S3. The molecule has 0 aromatic heterocycles. The number of rotatable bonds is 2. The normalized spacial score (nSPS) is 10.8. The third-order valence-electron chi connectivity index (χ3n) is 2.22. The fourth-order valence-electron chi connectivity index (χ4n) is 1.34. The van der Waals surface area contributed by atoms with Crippen LogP contribution in [0.25, 0.3) is 0 Å². The molecule has 0 saturated carbocycles. The molecule has 0 spiro atoms. The van der Waals surface area contributed by atoms with Crippen molar-refractivity contribution in [2.75, 3.05) is 0 Å². The second-order valence-corrected chi connectivity index (χ2v) is 7.24. The van der Waals surface area contributed by atoms with Crippen LogP contribution in [0.3, 0.4) is 0 Å². The van der Waals surface area contributed by atoms with Crippen LogP contribution in [0, 0.1) is 0 Å². The van der Waals surface area contributed by atoms with Crippen LogP contribution in [0.4, 0.5) is 0 Å². The van der Waals surface area contributed by atoms with Crippen molar-refractivity contribution in [3.05, 3.63) is 44.4 Å². The average Bonchev–Trinajstić information content (AvgIpc) is 2.33. The molecule has 2 aromatic carbocycles. The molecule has 0 nitrogen and oxygen atoms in total. The highest BCUT2D eigenvalue weighted by molar-refractivity contribution is 7.99. The average molecular weight is 388 g/mol. The third-order valence-corrected chi connectivity index (χ3v) is 5.84. The fraction of sp³-hybridized carbons (Fsp3) is 0. The molecule has 0 aliphatic rings. The number of benzene rings is 2. The molecule has 2 aromatic rings. The molecule has 0 N–H and O–H groups in total. The summed E-state index contributed by atoms with van der Waals surface area (Å²) in [6.07, 6.45) is 0. The van der Waals surface area contributed by atoms with E-state index in [0.29, 0.717) is 29.9 Å². The first-order chi connectivity index (χ1) is 8.88. The molecule has 100 valence electrons. The Bertz CT molecular complexity index is 541. The molecule has 2 rings (SSSR count). The van der Waals surface area contributed by atoms with Crippen LogP contribution in [-0.2, 0) is 0 Å². The zero-order valence-electron chi connectivity index (χ0n) is 9.12. The zero-order chi connectivity index (χ0) is 14.2. The molecule has 0 unspecified atom stereocenters. The van der Waals surface area contributed by atoms with Gasteiger partial charge in [-0.05, 0) is 24.3 Å². The van der Waals surface area contributed by atoms with Crippen LogP contribution in [0.1, 0.15) is 0 Å². The van der Waals surface area contributed by atoms with E-state index in [4.69, 9.17) is 46.4 Å². The van der Waals surface area contributed by atoms with Gasteiger partial charge < -0.3 is 0 Å². The van der Waals surface area contributed by atoms with Crippen LogP contribution in [0.2, 0.25) is 20.1 Å². The minimum Gasteiger partial charge on any atom is -0.140 e. The van der Waals surface area contributed by atoms with Gasteiger partial charge in [-0.15, -0.1) is 25.3 Å². The van der Waals surface area contributed by atoms with Gasteiger partial charge in [-0.3, -0.25) is 0 Å². The lowest BCUT2D eigenvalue weighted by Crippen LogP contribution is -1.80. The van der Waals surface area contributed by atoms with Crippen molar-refractivity contribution in [1.29, 1.82) is 0 Å². The lowest BCUT2D eigenvalue weighted by Gasteiger charge is -2.08. The Kier molecular flexibility index (Phi) is 5.58. The molecule has 0 bridgehead atoms. The summed E-state index contributed by atoms with van der Waals surface area (Å²) in [5.41, 5.74) is 0. The number of thiol groups is 2. The summed E-state index contributed by atoms with van der Waals surface area (Å²) in [5.74, 6) is 0. The Morgan fingerprint density at radius 2 is 0.895 bits per heavy atom. The van der Waals surface area contributed by atoms with Gasteiger partial charge in [0.25, 0.3) is 0 Å². The second kappa shape index (κ2) is 6.61. The van der Waals surface area contributed by atoms with Gasteiger partial charge in [0.2, 0.25) is 0 Å². The van der Waals surface area contributed by atoms with Crippen molar-refractivity contribution in [1.82, 2.24) is 0 Å². The summed E-state index contributed by atoms with van der Waals surface area (Å²) in [6, 6.07) is 7.15. The van der Waals surface area contributed by atoms with Gasteiger partial charge in [0.1, 0.15) is 0 Å². The third kappa shape index (κ3) is 3.85. The van der Waals surface area contributed by atoms with Crippen LogP contribution in [0.15, 0.2) is 43.8 Å². The van der Waals surface area contributed by atoms with Gasteiger partial charge in [0.05, 0.1) is 20.1 Å². The topological polar surface area (TPSA) is 0 Å². The first kappa shape index (κ1) is 16.0. The molecule has 0 radical (unpaired) electrons. The van der Waals surface area contributed by atoms with Gasteiger partial charge in [-0.2, -0.15) is 0 Å². The van der Waals surface area contributed by atoms with Gasteiger partial charge in [-0.1, -0.05) is 58.2 Å². The minimum atomic E-state index is 0.501. The molecular weight excluding hydrogens is 382 g/mol. The lowest BCUT2D eigenvalue weighted by atomic mass is 10.3. The molecule has 0 fully saturated rings. The molecule has 0 heterocycles. The van der Waals surface area contributed by atoms with Gasteiger partial charge >= 0.3 is 0 Å². The summed E-state index contributed by atoms with van der Waals surface area (Å²) >= 11 is 34.0. The first-order valence-corrected chi connectivity index (χ1v) is 8.14. The smallest absolute Gasteiger partial charge is 0.0565 e. The first-order valence-electron chi connectivity index (χ1n) is 4.92. The summed E-state index contributed by atoms with van der Waals surface area (Å²) in [7, 11) is 0. The Balaban J connectivity index is 2.36. The van der Waals surface area contributed by atoms with E-state index in [1.807, 2.05) is 0 Å². The quantitative estimate of drug-likeness (QED) is 0.521. The van der Waals surface area contributed by atoms with E-state index in [1.54, 1.807) is 24.3 Å². The van der Waals surface area contributed by atoms with Gasteiger partial charge in [-0.25, -0.2) is 0 Å². The Morgan fingerprint density at radius 1 is 0.632 bits per heavy atom. The summed E-state index contributed by atoms with van der Waals surface area (Å²) in [4.78, 5) is 2.89. The second-order valence-electron chi connectivity index (χ2n) is 3.57. The maximum Gasteiger partial charge on any atom is 0.0565 e. The van der Waals surface area contributed by atoms with E-state index < -0.39 is 0 Å². The van der Waals surface area contributed by atoms with Crippen molar-refractivity contribution >= 4 is 83.4 Å². The maximum atomic E-state index is 6.03. The predicted molar refractivity (Wildman–Crippen MR) is 91.6 cm³/mol. The predicted octanol–water partition coefficient (Wildman–Crippen LogP) is 7.03. The van der Waals surface area contributed by atoms with E-state index in [-0.39, 0.29) is 0 Å².